The quantitative estimate of drug-likeness (QED) is 0.711. The Kier molecular flexibility index (Phi) is 4.50. The molecular formula is C16H29NO. The van der Waals surface area contributed by atoms with Crippen LogP contribution in [0.2, 0.25) is 0 Å². The first-order valence-electron chi connectivity index (χ1n) is 7.52. The lowest BCUT2D eigenvalue weighted by atomic mass is 9.74. The van der Waals surface area contributed by atoms with Gasteiger partial charge in [-0.2, -0.15) is 0 Å². The largest absolute Gasteiger partial charge is 0.362 e. The highest BCUT2D eigenvalue weighted by Crippen LogP contribution is 2.35. The molecule has 1 aliphatic heterocycles. The minimum Gasteiger partial charge on any atom is -0.362 e. The summed E-state index contributed by atoms with van der Waals surface area (Å²) in [6.07, 6.45) is 4.10. The second kappa shape index (κ2) is 5.75. The summed E-state index contributed by atoms with van der Waals surface area (Å²) in [6, 6.07) is 0. The summed E-state index contributed by atoms with van der Waals surface area (Å²) in [5, 5.41) is 0. The van der Waals surface area contributed by atoms with Gasteiger partial charge >= 0.3 is 0 Å². The molecule has 1 aliphatic carbocycles. The van der Waals surface area contributed by atoms with E-state index in [1.165, 1.54) is 13.0 Å². The van der Waals surface area contributed by atoms with Crippen LogP contribution in [-0.4, -0.2) is 30.8 Å². The molecule has 1 fully saturated rings. The number of rotatable bonds is 3. The first-order valence-corrected chi connectivity index (χ1v) is 7.52. The highest BCUT2D eigenvalue weighted by molar-refractivity contribution is 5.08. The van der Waals surface area contributed by atoms with Crippen LogP contribution in [0.25, 0.3) is 0 Å². The number of hydrogen-bond acceptors (Lipinski definition) is 2. The SMILES string of the molecule is CC1=C[C@H](C)[C@H](CN2CCO[C@@H]2C(C)C)[C@@H](C)C1. The van der Waals surface area contributed by atoms with Crippen molar-refractivity contribution in [3.8, 4) is 0 Å². The Morgan fingerprint density at radius 1 is 1.39 bits per heavy atom. The third-order valence-corrected chi connectivity index (χ3v) is 4.64. The highest BCUT2D eigenvalue weighted by atomic mass is 16.5. The van der Waals surface area contributed by atoms with Crippen molar-refractivity contribution in [2.24, 2.45) is 23.7 Å². The van der Waals surface area contributed by atoms with Crippen molar-refractivity contribution in [2.75, 3.05) is 19.7 Å². The van der Waals surface area contributed by atoms with Crippen LogP contribution in [0.15, 0.2) is 11.6 Å². The molecule has 0 radical (unpaired) electrons. The second-order valence-corrected chi connectivity index (χ2v) is 6.72. The van der Waals surface area contributed by atoms with Crippen LogP contribution >= 0.6 is 0 Å². The zero-order valence-electron chi connectivity index (χ0n) is 12.6. The number of hydrogen-bond donors (Lipinski definition) is 0. The lowest BCUT2D eigenvalue weighted by molar-refractivity contribution is -0.0144. The third-order valence-electron chi connectivity index (χ3n) is 4.64. The zero-order chi connectivity index (χ0) is 13.3. The van der Waals surface area contributed by atoms with Gasteiger partial charge < -0.3 is 4.74 Å². The van der Waals surface area contributed by atoms with E-state index >= 15 is 0 Å². The Hall–Kier alpha value is -0.340. The van der Waals surface area contributed by atoms with Gasteiger partial charge in [-0.3, -0.25) is 4.90 Å². The van der Waals surface area contributed by atoms with Gasteiger partial charge in [0.15, 0.2) is 0 Å². The predicted octanol–water partition coefficient (Wildman–Crippen LogP) is 3.54. The van der Waals surface area contributed by atoms with Gasteiger partial charge in [0.05, 0.1) is 6.61 Å². The maximum Gasteiger partial charge on any atom is 0.113 e. The fourth-order valence-electron chi connectivity index (χ4n) is 3.77. The summed E-state index contributed by atoms with van der Waals surface area (Å²) >= 11 is 0. The zero-order valence-corrected chi connectivity index (χ0v) is 12.6. The maximum atomic E-state index is 5.87. The molecule has 2 heteroatoms. The molecule has 18 heavy (non-hydrogen) atoms. The lowest BCUT2D eigenvalue weighted by Gasteiger charge is -2.37. The normalized spacial score (nSPS) is 38.2. The second-order valence-electron chi connectivity index (χ2n) is 6.72. The summed E-state index contributed by atoms with van der Waals surface area (Å²) in [7, 11) is 0. The first kappa shape index (κ1) is 14.1. The monoisotopic (exact) mass is 251 g/mol. The molecule has 0 aromatic heterocycles. The van der Waals surface area contributed by atoms with Crippen molar-refractivity contribution >= 4 is 0 Å². The molecular weight excluding hydrogens is 222 g/mol. The Morgan fingerprint density at radius 3 is 2.72 bits per heavy atom. The van der Waals surface area contributed by atoms with Crippen LogP contribution in [-0.2, 0) is 4.74 Å². The number of allylic oxidation sites excluding steroid dienone is 2. The summed E-state index contributed by atoms with van der Waals surface area (Å²) in [5.41, 5.74) is 1.57. The average molecular weight is 251 g/mol. The Bertz CT molecular complexity index is 310. The van der Waals surface area contributed by atoms with Crippen molar-refractivity contribution in [2.45, 2.75) is 47.3 Å². The minimum absolute atomic E-state index is 0.344. The summed E-state index contributed by atoms with van der Waals surface area (Å²) in [5.74, 6) is 2.90. The van der Waals surface area contributed by atoms with Gasteiger partial charge in [0.1, 0.15) is 6.23 Å². The van der Waals surface area contributed by atoms with E-state index in [9.17, 15) is 0 Å². The van der Waals surface area contributed by atoms with Crippen LogP contribution < -0.4 is 0 Å². The molecule has 2 rings (SSSR count). The predicted molar refractivity (Wildman–Crippen MR) is 76.3 cm³/mol. The van der Waals surface area contributed by atoms with Crippen molar-refractivity contribution in [1.29, 1.82) is 0 Å². The van der Waals surface area contributed by atoms with E-state index in [0.717, 1.165) is 25.0 Å². The van der Waals surface area contributed by atoms with Crippen LogP contribution in [0.1, 0.15) is 41.0 Å². The molecule has 104 valence electrons. The molecule has 0 aromatic rings. The lowest BCUT2D eigenvalue weighted by Crippen LogP contribution is -2.41. The molecule has 0 saturated carbocycles. The minimum atomic E-state index is 0.344. The van der Waals surface area contributed by atoms with Gasteiger partial charge in [-0.1, -0.05) is 39.3 Å². The molecule has 2 nitrogen and oxygen atoms in total. The van der Waals surface area contributed by atoms with Gasteiger partial charge in [-0.15, -0.1) is 0 Å². The molecule has 4 atom stereocenters. The fourth-order valence-corrected chi connectivity index (χ4v) is 3.77. The number of nitrogens with zero attached hydrogens (tertiary/aromatic N) is 1. The summed E-state index contributed by atoms with van der Waals surface area (Å²) in [6.45, 7) is 14.8. The van der Waals surface area contributed by atoms with Crippen molar-refractivity contribution in [3.63, 3.8) is 0 Å². The molecule has 0 N–H and O–H groups in total. The van der Waals surface area contributed by atoms with Crippen molar-refractivity contribution in [1.82, 2.24) is 4.90 Å². The summed E-state index contributed by atoms with van der Waals surface area (Å²) in [4.78, 5) is 2.57. The number of ether oxygens (including phenoxy) is 1. The first-order chi connectivity index (χ1) is 8.49. The maximum absolute atomic E-state index is 5.87. The standard InChI is InChI=1S/C16H29NO/c1-11(2)16-17(6-7-18-16)10-15-13(4)8-12(3)9-14(15)5/h8,11,13-16H,6-7,9-10H2,1-5H3/t13-,14-,15-,16+/m0/s1. The van der Waals surface area contributed by atoms with E-state index in [1.807, 2.05) is 0 Å². The molecule has 1 heterocycles. The van der Waals surface area contributed by atoms with Gasteiger partial charge in [0, 0.05) is 13.1 Å². The van der Waals surface area contributed by atoms with E-state index in [4.69, 9.17) is 4.74 Å². The van der Waals surface area contributed by atoms with E-state index in [2.05, 4.69) is 45.6 Å². The van der Waals surface area contributed by atoms with Crippen molar-refractivity contribution < 1.29 is 4.74 Å². The molecule has 0 bridgehead atoms. The van der Waals surface area contributed by atoms with Crippen LogP contribution in [0.3, 0.4) is 0 Å². The van der Waals surface area contributed by atoms with E-state index in [0.29, 0.717) is 18.1 Å². The molecule has 0 spiro atoms. The van der Waals surface area contributed by atoms with Crippen LogP contribution in [0, 0.1) is 23.7 Å². The smallest absolute Gasteiger partial charge is 0.113 e. The van der Waals surface area contributed by atoms with Gasteiger partial charge in [-0.05, 0) is 37.0 Å². The molecule has 0 unspecified atom stereocenters. The van der Waals surface area contributed by atoms with E-state index in [1.54, 1.807) is 5.57 Å². The molecule has 2 aliphatic rings. The average Bonchev–Trinajstić information content (AvgIpc) is 2.71. The highest BCUT2D eigenvalue weighted by Gasteiger charge is 2.34. The van der Waals surface area contributed by atoms with Crippen LogP contribution in [0.4, 0.5) is 0 Å². The van der Waals surface area contributed by atoms with Crippen molar-refractivity contribution in [3.05, 3.63) is 11.6 Å². The van der Waals surface area contributed by atoms with E-state index < -0.39 is 0 Å². The Morgan fingerprint density at radius 2 is 2.11 bits per heavy atom. The Balaban J connectivity index is 2.00. The summed E-state index contributed by atoms with van der Waals surface area (Å²) < 4.78 is 5.87. The Labute approximate surface area is 112 Å². The van der Waals surface area contributed by atoms with Crippen LogP contribution in [0.5, 0.6) is 0 Å². The van der Waals surface area contributed by atoms with E-state index in [-0.39, 0.29) is 0 Å². The van der Waals surface area contributed by atoms with Gasteiger partial charge in [0.25, 0.3) is 0 Å². The molecule has 0 amide bonds. The van der Waals surface area contributed by atoms with Gasteiger partial charge in [-0.25, -0.2) is 0 Å². The molecule has 1 saturated heterocycles. The topological polar surface area (TPSA) is 12.5 Å². The third kappa shape index (κ3) is 2.97. The molecule has 0 aromatic carbocycles. The fraction of sp³-hybridized carbons (Fsp3) is 0.875. The van der Waals surface area contributed by atoms with Gasteiger partial charge in [0.2, 0.25) is 0 Å².